The molecule has 0 saturated carbocycles. The molecule has 29 heavy (non-hydrogen) atoms. The van der Waals surface area contributed by atoms with Crippen LogP contribution in [0.5, 0.6) is 0 Å². The number of rotatable bonds is 4. The lowest BCUT2D eigenvalue weighted by Gasteiger charge is -2.14. The maximum atomic E-state index is 11.3. The lowest BCUT2D eigenvalue weighted by atomic mass is 9.90. The Hall–Kier alpha value is -3.53. The second kappa shape index (κ2) is 8.65. The first-order valence-electron chi connectivity index (χ1n) is 7.47. The van der Waals surface area contributed by atoms with Crippen LogP contribution in [0.15, 0.2) is 24.4 Å². The van der Waals surface area contributed by atoms with Crippen molar-refractivity contribution in [2.24, 2.45) is 5.73 Å². The zero-order chi connectivity index (χ0) is 22.6. The van der Waals surface area contributed by atoms with Crippen molar-refractivity contribution in [1.29, 1.82) is 5.26 Å². The number of nitro groups is 1. The summed E-state index contributed by atoms with van der Waals surface area (Å²) in [5.41, 5.74) is 5.53. The number of primary amides is 1. The molecule has 0 atom stereocenters. The number of nitrogens with zero attached hydrogens (tertiary/aromatic N) is 3. The summed E-state index contributed by atoms with van der Waals surface area (Å²) < 4.78 is 31.7. The van der Waals surface area contributed by atoms with Crippen LogP contribution in [-0.4, -0.2) is 33.1 Å². The number of nitrogens with two attached hydrogens (primary N) is 1. The first-order chi connectivity index (χ1) is 13.2. The molecule has 0 aliphatic heterocycles. The second-order valence-electron chi connectivity index (χ2n) is 5.92. The minimum absolute atomic E-state index is 0.119. The van der Waals surface area contributed by atoms with Gasteiger partial charge in [-0.3, -0.25) is 19.9 Å². The molecule has 2 heterocycles. The fraction of sp³-hybridized carbons (Fsp3) is 0.250. The Morgan fingerprint density at radius 3 is 2.21 bits per heavy atom. The molecule has 0 spiro atoms. The molecule has 0 aliphatic carbocycles. The number of aliphatic carboxylic acids is 1. The minimum atomic E-state index is -5.08. The van der Waals surface area contributed by atoms with E-state index >= 15 is 0 Å². The molecular weight excluding hydrogens is 417 g/mol. The van der Waals surface area contributed by atoms with Gasteiger partial charge in [-0.25, -0.2) is 4.79 Å². The molecule has 2 rings (SSSR count). The molecule has 1 amide bonds. The highest BCUT2D eigenvalue weighted by Gasteiger charge is 2.38. The Labute approximate surface area is 165 Å². The van der Waals surface area contributed by atoms with E-state index < -0.39 is 28.4 Å². The Balaban J connectivity index is 0.000000516. The van der Waals surface area contributed by atoms with E-state index in [2.05, 4.69) is 11.1 Å². The molecule has 154 valence electrons. The Morgan fingerprint density at radius 1 is 1.34 bits per heavy atom. The number of carbonyl (C=O) groups excluding carboxylic acids is 1. The Bertz CT molecular complexity index is 946. The van der Waals surface area contributed by atoms with Gasteiger partial charge in [-0.1, -0.05) is 17.4 Å². The van der Waals surface area contributed by atoms with Gasteiger partial charge in [0, 0.05) is 16.6 Å². The van der Waals surface area contributed by atoms with Crippen LogP contribution in [0.1, 0.15) is 29.9 Å². The van der Waals surface area contributed by atoms with Crippen LogP contribution in [0.2, 0.25) is 0 Å². The maximum absolute atomic E-state index is 11.3. The molecule has 0 radical (unpaired) electrons. The summed E-state index contributed by atoms with van der Waals surface area (Å²) in [5.74, 6) is -3.60. The average Bonchev–Trinajstić information content (AvgIpc) is 3.07. The number of alkyl halides is 3. The predicted molar refractivity (Wildman–Crippen MR) is 95.1 cm³/mol. The third-order valence-electron chi connectivity index (χ3n) is 3.35. The monoisotopic (exact) mass is 430 g/mol. The number of carbonyl (C=O) groups is 2. The fourth-order valence-corrected chi connectivity index (χ4v) is 2.77. The number of thiophene rings is 1. The number of amides is 1. The molecule has 13 heteroatoms. The van der Waals surface area contributed by atoms with Gasteiger partial charge in [0.05, 0.1) is 22.1 Å². The number of nitriles is 1. The van der Waals surface area contributed by atoms with Gasteiger partial charge < -0.3 is 10.8 Å². The number of carboxylic acid groups (broad SMARTS) is 1. The van der Waals surface area contributed by atoms with Gasteiger partial charge in [0.1, 0.15) is 5.56 Å². The van der Waals surface area contributed by atoms with Gasteiger partial charge in [-0.2, -0.15) is 18.4 Å². The highest BCUT2D eigenvalue weighted by atomic mass is 32.1. The average molecular weight is 430 g/mol. The summed E-state index contributed by atoms with van der Waals surface area (Å²) in [4.78, 5) is 35.2. The SMILES string of the molecule is CC(C)(C#N)c1ccc(-c2cc(C(N)=O)c([N+](=O)[O-])s2)cn1.O=C(O)C(F)(F)F. The van der Waals surface area contributed by atoms with Crippen LogP contribution in [-0.2, 0) is 10.2 Å². The number of hydrogen-bond acceptors (Lipinski definition) is 7. The van der Waals surface area contributed by atoms with Gasteiger partial charge in [0.15, 0.2) is 0 Å². The zero-order valence-electron chi connectivity index (χ0n) is 14.9. The van der Waals surface area contributed by atoms with Gasteiger partial charge >= 0.3 is 17.1 Å². The van der Waals surface area contributed by atoms with Crippen molar-refractivity contribution in [3.63, 3.8) is 0 Å². The van der Waals surface area contributed by atoms with Crippen LogP contribution >= 0.6 is 11.3 Å². The Morgan fingerprint density at radius 2 is 1.90 bits per heavy atom. The van der Waals surface area contributed by atoms with Crippen LogP contribution in [0.3, 0.4) is 0 Å². The smallest absolute Gasteiger partial charge is 0.475 e. The van der Waals surface area contributed by atoms with E-state index in [1.807, 2.05) is 0 Å². The van der Waals surface area contributed by atoms with Gasteiger partial charge in [-0.15, -0.1) is 0 Å². The number of pyridine rings is 1. The van der Waals surface area contributed by atoms with Crippen molar-refractivity contribution in [2.45, 2.75) is 25.4 Å². The summed E-state index contributed by atoms with van der Waals surface area (Å²) in [6.07, 6.45) is -3.56. The molecule has 0 unspecified atom stereocenters. The molecule has 2 aromatic heterocycles. The van der Waals surface area contributed by atoms with Crippen LogP contribution < -0.4 is 5.73 Å². The van der Waals surface area contributed by atoms with Crippen molar-refractivity contribution in [3.8, 4) is 16.5 Å². The van der Waals surface area contributed by atoms with Crippen molar-refractivity contribution in [2.75, 3.05) is 0 Å². The topological polar surface area (TPSA) is 160 Å². The molecule has 9 nitrogen and oxygen atoms in total. The summed E-state index contributed by atoms with van der Waals surface area (Å²) in [6.45, 7) is 3.49. The van der Waals surface area contributed by atoms with Crippen LogP contribution in [0.25, 0.3) is 10.4 Å². The van der Waals surface area contributed by atoms with Crippen molar-refractivity contribution in [3.05, 3.63) is 45.8 Å². The molecule has 0 aliphatic rings. The third-order valence-corrected chi connectivity index (χ3v) is 4.49. The second-order valence-corrected chi connectivity index (χ2v) is 6.95. The van der Waals surface area contributed by atoms with Crippen LogP contribution in [0.4, 0.5) is 18.2 Å². The largest absolute Gasteiger partial charge is 0.490 e. The molecule has 2 aromatic rings. The lowest BCUT2D eigenvalue weighted by molar-refractivity contribution is -0.380. The highest BCUT2D eigenvalue weighted by molar-refractivity contribution is 7.19. The van der Waals surface area contributed by atoms with Crippen molar-refractivity contribution in [1.82, 2.24) is 4.98 Å². The third kappa shape index (κ3) is 5.98. The molecule has 0 saturated heterocycles. The van der Waals surface area contributed by atoms with Crippen LogP contribution in [0, 0.1) is 21.4 Å². The number of halogens is 3. The van der Waals surface area contributed by atoms with Crippen molar-refractivity contribution >= 4 is 28.2 Å². The quantitative estimate of drug-likeness (QED) is 0.556. The van der Waals surface area contributed by atoms with E-state index in [-0.39, 0.29) is 10.6 Å². The molecule has 0 fully saturated rings. The van der Waals surface area contributed by atoms with E-state index in [0.717, 1.165) is 11.3 Å². The van der Waals surface area contributed by atoms with E-state index in [4.69, 9.17) is 20.9 Å². The van der Waals surface area contributed by atoms with E-state index in [9.17, 15) is 28.1 Å². The summed E-state index contributed by atoms with van der Waals surface area (Å²) in [5, 5.41) is 26.9. The number of carboxylic acids is 1. The Kier molecular flexibility index (Phi) is 7.01. The number of hydrogen-bond donors (Lipinski definition) is 2. The summed E-state index contributed by atoms with van der Waals surface area (Å²) in [7, 11) is 0. The zero-order valence-corrected chi connectivity index (χ0v) is 15.7. The summed E-state index contributed by atoms with van der Waals surface area (Å²) in [6, 6.07) is 6.93. The van der Waals surface area contributed by atoms with E-state index in [0.29, 0.717) is 16.1 Å². The fourth-order valence-electron chi connectivity index (χ4n) is 1.80. The van der Waals surface area contributed by atoms with E-state index in [1.54, 1.807) is 26.0 Å². The first-order valence-corrected chi connectivity index (χ1v) is 8.28. The molecule has 0 bridgehead atoms. The maximum Gasteiger partial charge on any atom is 0.490 e. The minimum Gasteiger partial charge on any atom is -0.475 e. The van der Waals surface area contributed by atoms with E-state index in [1.165, 1.54) is 12.3 Å². The van der Waals surface area contributed by atoms with Gasteiger partial charge in [-0.05, 0) is 26.0 Å². The summed E-state index contributed by atoms with van der Waals surface area (Å²) >= 11 is 0.863. The highest BCUT2D eigenvalue weighted by Crippen LogP contribution is 2.36. The van der Waals surface area contributed by atoms with Crippen molar-refractivity contribution < 1.29 is 32.8 Å². The molecule has 0 aromatic carbocycles. The molecule has 3 N–H and O–H groups in total. The van der Waals surface area contributed by atoms with Gasteiger partial charge in [0.25, 0.3) is 5.91 Å². The normalized spacial score (nSPS) is 11.0. The predicted octanol–water partition coefficient (Wildman–Crippen LogP) is 3.25. The first kappa shape index (κ1) is 23.5. The standard InChI is InChI=1S/C14H12N4O3S.C2HF3O2/c1-14(2,7-15)11-4-3-8(6-17-11)10-5-9(12(16)19)13(22-10)18(20)21;3-2(4,5)1(6)7/h3-6H,1-2H3,(H2,16,19);(H,6,7). The lowest BCUT2D eigenvalue weighted by Crippen LogP contribution is -2.21. The molecular formula is C16H13F3N4O5S. The van der Waals surface area contributed by atoms with Gasteiger partial charge in [0.2, 0.25) is 0 Å². The number of aromatic nitrogens is 1.